The number of fused-ring (bicyclic) bond motifs is 1. The summed E-state index contributed by atoms with van der Waals surface area (Å²) in [6.45, 7) is 1.55. The van der Waals surface area contributed by atoms with E-state index in [1.165, 1.54) is 9.01 Å². The third-order valence-corrected chi connectivity index (χ3v) is 9.19. The van der Waals surface area contributed by atoms with Crippen molar-refractivity contribution in [2.24, 2.45) is 0 Å². The maximum absolute atomic E-state index is 12.7. The zero-order chi connectivity index (χ0) is 21.0. The Morgan fingerprint density at radius 2 is 1.70 bits per heavy atom. The first-order chi connectivity index (χ1) is 14.5. The summed E-state index contributed by atoms with van der Waals surface area (Å²) >= 11 is 3.36. The van der Waals surface area contributed by atoms with Crippen LogP contribution in [-0.4, -0.2) is 60.4 Å². The van der Waals surface area contributed by atoms with Crippen molar-refractivity contribution in [3.8, 4) is 0 Å². The van der Waals surface area contributed by atoms with Gasteiger partial charge in [-0.15, -0.1) is 11.3 Å². The van der Waals surface area contributed by atoms with Gasteiger partial charge in [0.1, 0.15) is 0 Å². The molecule has 0 N–H and O–H groups in total. The van der Waals surface area contributed by atoms with Gasteiger partial charge in [-0.2, -0.15) is 4.31 Å². The lowest BCUT2D eigenvalue weighted by molar-refractivity contribution is -0.132. The molecule has 0 unspecified atom stereocenters. The van der Waals surface area contributed by atoms with E-state index < -0.39 is 10.0 Å². The van der Waals surface area contributed by atoms with Crippen molar-refractivity contribution in [3.63, 3.8) is 0 Å². The number of sulfonamides is 1. The van der Waals surface area contributed by atoms with Gasteiger partial charge in [-0.05, 0) is 30.7 Å². The Kier molecular flexibility index (Phi) is 6.72. The fourth-order valence-electron chi connectivity index (χ4n) is 3.37. The third-order valence-electron chi connectivity index (χ3n) is 5.01. The van der Waals surface area contributed by atoms with Crippen molar-refractivity contribution >= 4 is 49.2 Å². The molecule has 0 aliphatic carbocycles. The first-order valence-electron chi connectivity index (χ1n) is 9.85. The molecule has 6 nitrogen and oxygen atoms in total. The SMILES string of the molecule is O=C(CCCSc1nc2ccccc2s1)N1CCN(S(=O)(=O)c2ccccc2)CC1. The fraction of sp³-hybridized carbons (Fsp3) is 0.333. The van der Waals surface area contributed by atoms with E-state index in [1.807, 2.05) is 18.2 Å². The van der Waals surface area contributed by atoms with Crippen LogP contribution >= 0.6 is 23.1 Å². The second-order valence-electron chi connectivity index (χ2n) is 7.00. The van der Waals surface area contributed by atoms with Crippen LogP contribution in [0.3, 0.4) is 0 Å². The van der Waals surface area contributed by atoms with Crippen LogP contribution in [0.15, 0.2) is 63.8 Å². The molecule has 0 radical (unpaired) electrons. The summed E-state index contributed by atoms with van der Waals surface area (Å²) in [7, 11) is -3.49. The minimum atomic E-state index is -3.49. The van der Waals surface area contributed by atoms with E-state index in [2.05, 4.69) is 11.1 Å². The van der Waals surface area contributed by atoms with Crippen LogP contribution in [0, 0.1) is 0 Å². The molecule has 1 aliphatic heterocycles. The monoisotopic (exact) mass is 461 g/mol. The predicted molar refractivity (Wildman–Crippen MR) is 121 cm³/mol. The smallest absolute Gasteiger partial charge is 0.243 e. The van der Waals surface area contributed by atoms with Crippen molar-refractivity contribution in [1.29, 1.82) is 0 Å². The van der Waals surface area contributed by atoms with E-state index in [4.69, 9.17) is 0 Å². The number of aromatic nitrogens is 1. The molecule has 2 heterocycles. The van der Waals surface area contributed by atoms with E-state index in [-0.39, 0.29) is 5.91 Å². The quantitative estimate of drug-likeness (QED) is 0.396. The summed E-state index contributed by atoms with van der Waals surface area (Å²) in [4.78, 5) is 19.2. The minimum Gasteiger partial charge on any atom is -0.340 e. The molecule has 2 aromatic carbocycles. The average molecular weight is 462 g/mol. The molecule has 158 valence electrons. The van der Waals surface area contributed by atoms with Crippen LogP contribution in [-0.2, 0) is 14.8 Å². The second kappa shape index (κ2) is 9.47. The molecule has 0 bridgehead atoms. The Morgan fingerprint density at radius 1 is 1.00 bits per heavy atom. The van der Waals surface area contributed by atoms with Crippen LogP contribution in [0.25, 0.3) is 10.2 Å². The van der Waals surface area contributed by atoms with E-state index in [0.29, 0.717) is 37.5 Å². The summed E-state index contributed by atoms with van der Waals surface area (Å²) in [5.74, 6) is 0.935. The van der Waals surface area contributed by atoms with Gasteiger partial charge in [0.2, 0.25) is 15.9 Å². The largest absolute Gasteiger partial charge is 0.340 e. The Balaban J connectivity index is 1.22. The summed E-state index contributed by atoms with van der Waals surface area (Å²) in [5.41, 5.74) is 1.02. The lowest BCUT2D eigenvalue weighted by Crippen LogP contribution is -2.50. The van der Waals surface area contributed by atoms with Gasteiger partial charge in [0.05, 0.1) is 15.1 Å². The van der Waals surface area contributed by atoms with Crippen molar-refractivity contribution in [2.75, 3.05) is 31.9 Å². The summed E-state index contributed by atoms with van der Waals surface area (Å²) in [5, 5.41) is 0. The van der Waals surface area contributed by atoms with Crippen LogP contribution in [0.2, 0.25) is 0 Å². The van der Waals surface area contributed by atoms with E-state index in [1.54, 1.807) is 58.3 Å². The van der Waals surface area contributed by atoms with E-state index in [0.717, 1.165) is 22.0 Å². The Morgan fingerprint density at radius 3 is 2.43 bits per heavy atom. The number of thiazole rings is 1. The number of carbonyl (C=O) groups is 1. The van der Waals surface area contributed by atoms with Crippen molar-refractivity contribution in [1.82, 2.24) is 14.2 Å². The molecule has 1 amide bonds. The number of rotatable bonds is 7. The van der Waals surface area contributed by atoms with E-state index in [9.17, 15) is 13.2 Å². The maximum atomic E-state index is 12.7. The van der Waals surface area contributed by atoms with Gasteiger partial charge in [0, 0.05) is 38.4 Å². The summed E-state index contributed by atoms with van der Waals surface area (Å²) in [6.07, 6.45) is 1.26. The number of benzene rings is 2. The van der Waals surface area contributed by atoms with Crippen LogP contribution < -0.4 is 0 Å². The molecule has 0 saturated carbocycles. The van der Waals surface area contributed by atoms with Crippen molar-refractivity contribution < 1.29 is 13.2 Å². The topological polar surface area (TPSA) is 70.6 Å². The molecule has 1 aliphatic rings. The molecule has 30 heavy (non-hydrogen) atoms. The highest BCUT2D eigenvalue weighted by molar-refractivity contribution is 8.01. The van der Waals surface area contributed by atoms with E-state index >= 15 is 0 Å². The summed E-state index contributed by atoms with van der Waals surface area (Å²) < 4.78 is 29.1. The molecular formula is C21H23N3O3S3. The fourth-order valence-corrected chi connectivity index (χ4v) is 6.89. The Labute approximate surface area is 185 Å². The number of hydrogen-bond acceptors (Lipinski definition) is 6. The lowest BCUT2D eigenvalue weighted by Gasteiger charge is -2.34. The number of piperazine rings is 1. The first-order valence-corrected chi connectivity index (χ1v) is 13.1. The predicted octanol–water partition coefficient (Wildman–Crippen LogP) is 3.70. The molecule has 3 aromatic rings. The zero-order valence-electron chi connectivity index (χ0n) is 16.4. The molecule has 4 rings (SSSR count). The van der Waals surface area contributed by atoms with Gasteiger partial charge in [-0.1, -0.05) is 42.1 Å². The summed E-state index contributed by atoms with van der Waals surface area (Å²) in [6, 6.07) is 16.5. The van der Waals surface area contributed by atoms with Gasteiger partial charge < -0.3 is 4.90 Å². The average Bonchev–Trinajstić information content (AvgIpc) is 3.20. The minimum absolute atomic E-state index is 0.0941. The highest BCUT2D eigenvalue weighted by atomic mass is 32.2. The first kappa shape index (κ1) is 21.3. The van der Waals surface area contributed by atoms with Gasteiger partial charge in [0.15, 0.2) is 4.34 Å². The Bertz CT molecular complexity index is 1070. The third kappa shape index (κ3) is 4.85. The van der Waals surface area contributed by atoms with Crippen molar-refractivity contribution in [3.05, 3.63) is 54.6 Å². The van der Waals surface area contributed by atoms with Gasteiger partial charge in [-0.3, -0.25) is 4.79 Å². The van der Waals surface area contributed by atoms with Crippen LogP contribution in [0.1, 0.15) is 12.8 Å². The highest BCUT2D eigenvalue weighted by Crippen LogP contribution is 2.29. The molecule has 0 spiro atoms. The zero-order valence-corrected chi connectivity index (χ0v) is 18.9. The van der Waals surface area contributed by atoms with Crippen LogP contribution in [0.4, 0.5) is 0 Å². The van der Waals surface area contributed by atoms with Gasteiger partial charge in [0.25, 0.3) is 0 Å². The molecular weight excluding hydrogens is 438 g/mol. The number of carbonyl (C=O) groups excluding carboxylic acids is 1. The normalized spacial score (nSPS) is 15.5. The number of amides is 1. The molecule has 9 heteroatoms. The standard InChI is InChI=1S/C21H23N3O3S3/c25-20(11-6-16-28-21-22-18-9-4-5-10-19(18)29-21)23-12-14-24(15-13-23)30(26,27)17-7-2-1-3-8-17/h1-5,7-10H,6,11-16H2. The molecule has 1 aromatic heterocycles. The highest BCUT2D eigenvalue weighted by Gasteiger charge is 2.29. The second-order valence-corrected chi connectivity index (χ2v) is 11.3. The number of para-hydroxylation sites is 1. The van der Waals surface area contributed by atoms with Gasteiger partial charge in [-0.25, -0.2) is 13.4 Å². The molecule has 0 atom stereocenters. The van der Waals surface area contributed by atoms with Crippen molar-refractivity contribution in [2.45, 2.75) is 22.1 Å². The van der Waals surface area contributed by atoms with Gasteiger partial charge >= 0.3 is 0 Å². The molecule has 1 fully saturated rings. The Hall–Kier alpha value is -1.94. The number of thioether (sulfide) groups is 1. The lowest BCUT2D eigenvalue weighted by atomic mass is 10.2. The maximum Gasteiger partial charge on any atom is 0.243 e. The number of nitrogens with zero attached hydrogens (tertiary/aromatic N) is 3. The number of hydrogen-bond donors (Lipinski definition) is 0. The molecule has 1 saturated heterocycles. The van der Waals surface area contributed by atoms with Crippen LogP contribution in [0.5, 0.6) is 0 Å².